The fourth-order valence-corrected chi connectivity index (χ4v) is 4.88. The van der Waals surface area contributed by atoms with E-state index in [0.717, 1.165) is 0 Å². The van der Waals surface area contributed by atoms with E-state index in [0.29, 0.717) is 19.5 Å². The van der Waals surface area contributed by atoms with E-state index in [9.17, 15) is 35.9 Å². The first-order valence-electron chi connectivity index (χ1n) is 10.2. The van der Waals surface area contributed by atoms with E-state index in [4.69, 9.17) is 0 Å². The van der Waals surface area contributed by atoms with E-state index in [1.165, 1.54) is 9.80 Å². The second kappa shape index (κ2) is 8.34. The van der Waals surface area contributed by atoms with Crippen LogP contribution in [0.2, 0.25) is 0 Å². The summed E-state index contributed by atoms with van der Waals surface area (Å²) < 4.78 is 77.1. The van der Waals surface area contributed by atoms with Crippen LogP contribution in [0.5, 0.6) is 0 Å². The summed E-state index contributed by atoms with van der Waals surface area (Å²) in [6.45, 7) is 1.14. The van der Waals surface area contributed by atoms with E-state index in [1.807, 2.05) is 0 Å². The van der Waals surface area contributed by atoms with Gasteiger partial charge in [0.2, 0.25) is 11.8 Å². The summed E-state index contributed by atoms with van der Waals surface area (Å²) in [6.07, 6.45) is -8.14. The highest BCUT2D eigenvalue weighted by molar-refractivity contribution is 5.80. The molecule has 2 amide bonds. The Bertz CT molecular complexity index is 569. The van der Waals surface area contributed by atoms with Crippen molar-refractivity contribution in [2.45, 2.75) is 57.3 Å². The van der Waals surface area contributed by atoms with E-state index < -0.39 is 36.0 Å². The molecular formula is C19H26F6N2O2. The van der Waals surface area contributed by atoms with Gasteiger partial charge in [-0.3, -0.25) is 9.59 Å². The van der Waals surface area contributed by atoms with Crippen molar-refractivity contribution in [3.63, 3.8) is 0 Å². The highest BCUT2D eigenvalue weighted by atomic mass is 19.4. The molecule has 2 aliphatic carbocycles. The zero-order valence-electron chi connectivity index (χ0n) is 16.1. The molecule has 10 heteroatoms. The van der Waals surface area contributed by atoms with Gasteiger partial charge >= 0.3 is 12.4 Å². The Morgan fingerprint density at radius 2 is 1.00 bits per heavy atom. The van der Waals surface area contributed by atoms with Crippen molar-refractivity contribution < 1.29 is 35.9 Å². The van der Waals surface area contributed by atoms with Gasteiger partial charge in [-0.1, -0.05) is 0 Å². The van der Waals surface area contributed by atoms with Crippen LogP contribution in [0.4, 0.5) is 26.3 Å². The average Bonchev–Trinajstić information content (AvgIpc) is 3.25. The molecular weight excluding hydrogens is 402 g/mol. The summed E-state index contributed by atoms with van der Waals surface area (Å²) in [7, 11) is 0. The van der Waals surface area contributed by atoms with Gasteiger partial charge in [-0.25, -0.2) is 0 Å². The number of nitrogens with zero attached hydrogens (tertiary/aromatic N) is 2. The van der Waals surface area contributed by atoms with Crippen molar-refractivity contribution in [1.29, 1.82) is 0 Å². The standard InChI is InChI=1S/C19H26F6N2O2/c20-18(21,22)14-4-2-12(10-14)16(28)26-6-1-7-27(9-8-26)17(29)13-3-5-15(11-13)19(23,24)25/h12-15H,1-11H2. The van der Waals surface area contributed by atoms with E-state index in [2.05, 4.69) is 0 Å². The monoisotopic (exact) mass is 428 g/mol. The molecule has 1 heterocycles. The maximum absolute atomic E-state index is 12.9. The number of alkyl halides is 6. The molecule has 29 heavy (non-hydrogen) atoms. The van der Waals surface area contributed by atoms with Crippen molar-refractivity contribution >= 4 is 11.8 Å². The number of carbonyl (C=O) groups is 2. The van der Waals surface area contributed by atoms with Crippen LogP contribution in [0.3, 0.4) is 0 Å². The summed E-state index contributed by atoms with van der Waals surface area (Å²) in [5.74, 6) is -4.78. The molecule has 3 rings (SSSR count). The first kappa shape index (κ1) is 22.2. The maximum Gasteiger partial charge on any atom is 0.391 e. The van der Waals surface area contributed by atoms with Crippen LogP contribution in [-0.4, -0.2) is 60.1 Å². The molecule has 0 spiro atoms. The average molecular weight is 428 g/mol. The van der Waals surface area contributed by atoms with Crippen molar-refractivity contribution in [1.82, 2.24) is 9.80 Å². The van der Waals surface area contributed by atoms with Gasteiger partial charge in [0, 0.05) is 38.0 Å². The predicted molar refractivity (Wildman–Crippen MR) is 91.5 cm³/mol. The second-order valence-electron chi connectivity index (χ2n) is 8.50. The Morgan fingerprint density at radius 1 is 0.621 bits per heavy atom. The summed E-state index contributed by atoms with van der Waals surface area (Å²) in [4.78, 5) is 28.3. The Labute approximate surface area is 165 Å². The molecule has 0 radical (unpaired) electrons. The molecule has 4 unspecified atom stereocenters. The molecule has 0 aromatic heterocycles. The van der Waals surface area contributed by atoms with Crippen LogP contribution >= 0.6 is 0 Å². The van der Waals surface area contributed by atoms with Gasteiger partial charge in [-0.15, -0.1) is 0 Å². The summed E-state index contributed by atoms with van der Waals surface area (Å²) in [6, 6.07) is 0. The minimum Gasteiger partial charge on any atom is -0.341 e. The van der Waals surface area contributed by atoms with E-state index in [-0.39, 0.29) is 63.4 Å². The zero-order chi connectivity index (χ0) is 21.4. The zero-order valence-corrected chi connectivity index (χ0v) is 16.1. The Hall–Kier alpha value is -1.48. The summed E-state index contributed by atoms with van der Waals surface area (Å²) >= 11 is 0. The molecule has 2 saturated carbocycles. The number of halogens is 6. The van der Waals surface area contributed by atoms with E-state index >= 15 is 0 Å². The van der Waals surface area contributed by atoms with Crippen LogP contribution in [0.25, 0.3) is 0 Å². The lowest BCUT2D eigenvalue weighted by atomic mass is 10.0. The molecule has 1 saturated heterocycles. The van der Waals surface area contributed by atoms with Gasteiger partial charge < -0.3 is 9.80 Å². The Morgan fingerprint density at radius 3 is 1.31 bits per heavy atom. The lowest BCUT2D eigenvalue weighted by Gasteiger charge is -2.26. The van der Waals surface area contributed by atoms with Crippen LogP contribution in [0, 0.1) is 23.7 Å². The number of hydrogen-bond acceptors (Lipinski definition) is 2. The van der Waals surface area contributed by atoms with E-state index in [1.54, 1.807) is 0 Å². The molecule has 1 aliphatic heterocycles. The highest BCUT2D eigenvalue weighted by Gasteiger charge is 2.48. The minimum absolute atomic E-state index is 0.0413. The molecule has 4 atom stereocenters. The largest absolute Gasteiger partial charge is 0.391 e. The first-order chi connectivity index (χ1) is 13.5. The van der Waals surface area contributed by atoms with Gasteiger partial charge in [0.05, 0.1) is 11.8 Å². The number of hydrogen-bond donors (Lipinski definition) is 0. The van der Waals surface area contributed by atoms with Crippen molar-refractivity contribution in [2.24, 2.45) is 23.7 Å². The number of amides is 2. The summed E-state index contributed by atoms with van der Waals surface area (Å²) in [5.41, 5.74) is 0. The van der Waals surface area contributed by atoms with Gasteiger partial charge in [0.25, 0.3) is 0 Å². The summed E-state index contributed by atoms with van der Waals surface area (Å²) in [5, 5.41) is 0. The number of carbonyl (C=O) groups excluding carboxylic acids is 2. The fraction of sp³-hybridized carbons (Fsp3) is 0.895. The van der Waals surface area contributed by atoms with Crippen molar-refractivity contribution in [2.75, 3.05) is 26.2 Å². The Balaban J connectivity index is 1.52. The molecule has 0 N–H and O–H groups in total. The lowest BCUT2D eigenvalue weighted by Crippen LogP contribution is -2.41. The fourth-order valence-electron chi connectivity index (χ4n) is 4.88. The second-order valence-corrected chi connectivity index (χ2v) is 8.50. The third-order valence-corrected chi connectivity index (χ3v) is 6.61. The van der Waals surface area contributed by atoms with Crippen LogP contribution in [-0.2, 0) is 9.59 Å². The van der Waals surface area contributed by atoms with Crippen molar-refractivity contribution in [3.05, 3.63) is 0 Å². The molecule has 166 valence electrons. The van der Waals surface area contributed by atoms with Crippen LogP contribution in [0.1, 0.15) is 44.9 Å². The molecule has 3 aliphatic rings. The topological polar surface area (TPSA) is 40.6 Å². The smallest absolute Gasteiger partial charge is 0.341 e. The minimum atomic E-state index is -4.29. The van der Waals surface area contributed by atoms with Gasteiger partial charge in [-0.2, -0.15) is 26.3 Å². The quantitative estimate of drug-likeness (QED) is 0.624. The third kappa shape index (κ3) is 5.17. The van der Waals surface area contributed by atoms with Crippen LogP contribution in [0.15, 0.2) is 0 Å². The first-order valence-corrected chi connectivity index (χ1v) is 10.2. The molecule has 0 bridgehead atoms. The predicted octanol–water partition coefficient (Wildman–Crippen LogP) is 4.00. The third-order valence-electron chi connectivity index (χ3n) is 6.61. The molecule has 0 aromatic rings. The SMILES string of the molecule is O=C(C1CCC(C(F)(F)F)C1)N1CCCN(C(=O)C2CCC(C(F)(F)F)C2)CC1. The highest BCUT2D eigenvalue weighted by Crippen LogP contribution is 2.43. The van der Waals surface area contributed by atoms with Crippen LogP contribution < -0.4 is 0 Å². The Kier molecular flexibility index (Phi) is 6.38. The van der Waals surface area contributed by atoms with Gasteiger partial charge in [-0.05, 0) is 44.9 Å². The molecule has 0 aromatic carbocycles. The lowest BCUT2D eigenvalue weighted by molar-refractivity contribution is -0.174. The molecule has 3 fully saturated rings. The molecule has 4 nitrogen and oxygen atoms in total. The van der Waals surface area contributed by atoms with Crippen molar-refractivity contribution in [3.8, 4) is 0 Å². The number of rotatable bonds is 2. The normalized spacial score (nSPS) is 31.8. The van der Waals surface area contributed by atoms with Gasteiger partial charge in [0.1, 0.15) is 0 Å². The van der Waals surface area contributed by atoms with Gasteiger partial charge in [0.15, 0.2) is 0 Å². The maximum atomic E-state index is 12.9.